The fourth-order valence-electron chi connectivity index (χ4n) is 2.38. The van der Waals surface area contributed by atoms with E-state index < -0.39 is 17.7 Å². The molecule has 1 aliphatic rings. The summed E-state index contributed by atoms with van der Waals surface area (Å²) in [6, 6.07) is 0. The Hall–Kier alpha value is -2.38. The lowest BCUT2D eigenvalue weighted by Crippen LogP contribution is -2.33. The van der Waals surface area contributed by atoms with Crippen LogP contribution in [0.5, 0.6) is 0 Å². The van der Waals surface area contributed by atoms with Crippen LogP contribution in [-0.2, 0) is 19.1 Å². The minimum absolute atomic E-state index is 0.0345. The Morgan fingerprint density at radius 1 is 1.30 bits per heavy atom. The van der Waals surface area contributed by atoms with Crippen LogP contribution < -0.4 is 10.6 Å². The van der Waals surface area contributed by atoms with Crippen molar-refractivity contribution in [1.29, 1.82) is 0 Å². The predicted molar refractivity (Wildman–Crippen MR) is 102 cm³/mol. The molecule has 8 nitrogen and oxygen atoms in total. The minimum Gasteiger partial charge on any atom is -0.461 e. The molecule has 27 heavy (non-hydrogen) atoms. The number of amides is 2. The van der Waals surface area contributed by atoms with Gasteiger partial charge >= 0.3 is 12.1 Å². The van der Waals surface area contributed by atoms with Crippen molar-refractivity contribution in [2.45, 2.75) is 65.9 Å². The van der Waals surface area contributed by atoms with E-state index in [1.54, 1.807) is 33.8 Å². The summed E-state index contributed by atoms with van der Waals surface area (Å²) < 4.78 is 10.2. The summed E-state index contributed by atoms with van der Waals surface area (Å²) in [7, 11) is 0. The predicted octanol–water partition coefficient (Wildman–Crippen LogP) is 2.68. The highest BCUT2D eigenvalue weighted by Crippen LogP contribution is 2.17. The zero-order valence-electron chi connectivity index (χ0n) is 16.9. The number of allylic oxidation sites excluding steroid dienone is 1. The quantitative estimate of drug-likeness (QED) is 0.521. The summed E-state index contributed by atoms with van der Waals surface area (Å²) in [4.78, 5) is 40.0. The van der Waals surface area contributed by atoms with Gasteiger partial charge in [-0.25, -0.2) is 14.6 Å². The molecular weight excluding hydrogens is 350 g/mol. The third kappa shape index (κ3) is 9.21. The Kier molecular flexibility index (Phi) is 8.97. The molecule has 0 fully saturated rings. The van der Waals surface area contributed by atoms with Crippen molar-refractivity contribution in [3.8, 4) is 0 Å². The van der Waals surface area contributed by atoms with E-state index >= 15 is 0 Å². The van der Waals surface area contributed by atoms with Crippen molar-refractivity contribution < 1.29 is 23.9 Å². The smallest absolute Gasteiger partial charge is 0.407 e. The van der Waals surface area contributed by atoms with E-state index in [2.05, 4.69) is 15.6 Å². The standard InChI is InChI=1S/C19H31N3O5/c1-6-26-17(24)16-13(2)9-7-10-14(22-16)21-15(23)11-8-12-20-18(25)27-19(3,4)5/h10,13H,6-9,11-12H2,1-5H3,(H,20,25)(H,21,23). The summed E-state index contributed by atoms with van der Waals surface area (Å²) in [5, 5.41) is 5.32. The first-order valence-electron chi connectivity index (χ1n) is 9.35. The van der Waals surface area contributed by atoms with Crippen molar-refractivity contribution in [1.82, 2.24) is 10.6 Å². The van der Waals surface area contributed by atoms with Crippen LogP contribution >= 0.6 is 0 Å². The molecule has 0 saturated carbocycles. The van der Waals surface area contributed by atoms with E-state index in [4.69, 9.17) is 9.47 Å². The third-order valence-corrected chi connectivity index (χ3v) is 3.65. The van der Waals surface area contributed by atoms with Gasteiger partial charge in [0.1, 0.15) is 17.1 Å². The lowest BCUT2D eigenvalue weighted by Gasteiger charge is -2.19. The number of carbonyl (C=O) groups excluding carboxylic acids is 3. The number of nitrogens with zero attached hydrogens (tertiary/aromatic N) is 1. The van der Waals surface area contributed by atoms with E-state index in [9.17, 15) is 14.4 Å². The largest absolute Gasteiger partial charge is 0.461 e. The highest BCUT2D eigenvalue weighted by atomic mass is 16.6. The van der Waals surface area contributed by atoms with Gasteiger partial charge in [0, 0.05) is 18.9 Å². The normalized spacial score (nSPS) is 17.1. The first kappa shape index (κ1) is 22.7. The number of ether oxygens (including phenoxy) is 2. The molecule has 1 heterocycles. The molecular formula is C19H31N3O5. The Balaban J connectivity index is 2.47. The number of aliphatic imine (C=N–C) groups is 1. The number of nitrogens with one attached hydrogen (secondary N) is 2. The first-order valence-corrected chi connectivity index (χ1v) is 9.35. The number of carbonyl (C=O) groups is 3. The van der Waals surface area contributed by atoms with Gasteiger partial charge in [-0.2, -0.15) is 0 Å². The van der Waals surface area contributed by atoms with E-state index in [1.165, 1.54) is 0 Å². The van der Waals surface area contributed by atoms with Gasteiger partial charge in [0.05, 0.1) is 6.61 Å². The molecule has 8 heteroatoms. The number of hydrogen-bond acceptors (Lipinski definition) is 6. The van der Waals surface area contributed by atoms with Gasteiger partial charge in [-0.3, -0.25) is 4.79 Å². The van der Waals surface area contributed by atoms with Crippen molar-refractivity contribution in [2.75, 3.05) is 13.2 Å². The molecule has 2 amide bonds. The molecule has 2 N–H and O–H groups in total. The van der Waals surface area contributed by atoms with E-state index in [0.717, 1.165) is 6.42 Å². The monoisotopic (exact) mass is 381 g/mol. The number of alkyl carbamates (subject to hydrolysis) is 1. The SMILES string of the molecule is CCOC(=O)C1=NC(NC(=O)CCCNC(=O)OC(C)(C)C)=CCCC1C. The van der Waals surface area contributed by atoms with Crippen molar-refractivity contribution in [3.63, 3.8) is 0 Å². The van der Waals surface area contributed by atoms with Crippen molar-refractivity contribution in [2.24, 2.45) is 10.9 Å². The molecule has 1 atom stereocenters. The minimum atomic E-state index is -0.556. The zero-order chi connectivity index (χ0) is 20.4. The average molecular weight is 381 g/mol. The molecule has 152 valence electrons. The highest BCUT2D eigenvalue weighted by molar-refractivity contribution is 6.37. The first-order chi connectivity index (χ1) is 12.6. The third-order valence-electron chi connectivity index (χ3n) is 3.65. The topological polar surface area (TPSA) is 106 Å². The van der Waals surface area contributed by atoms with Gasteiger partial charge in [0.15, 0.2) is 0 Å². The molecule has 0 aromatic carbocycles. The Morgan fingerprint density at radius 2 is 2.00 bits per heavy atom. The summed E-state index contributed by atoms with van der Waals surface area (Å²) in [5.41, 5.74) is -0.230. The van der Waals surface area contributed by atoms with Crippen LogP contribution in [0.2, 0.25) is 0 Å². The Labute approximate surface area is 160 Å². The lowest BCUT2D eigenvalue weighted by molar-refractivity contribution is -0.135. The highest BCUT2D eigenvalue weighted by Gasteiger charge is 2.23. The second-order valence-corrected chi connectivity index (χ2v) is 7.37. The zero-order valence-corrected chi connectivity index (χ0v) is 16.9. The van der Waals surface area contributed by atoms with Gasteiger partial charge in [-0.05, 0) is 53.0 Å². The summed E-state index contributed by atoms with van der Waals surface area (Å²) in [5.74, 6) is -0.345. The van der Waals surface area contributed by atoms with Crippen LogP contribution in [0, 0.1) is 5.92 Å². The van der Waals surface area contributed by atoms with E-state index in [-0.39, 0.29) is 24.9 Å². The molecule has 1 unspecified atom stereocenters. The maximum Gasteiger partial charge on any atom is 0.407 e. The average Bonchev–Trinajstić information content (AvgIpc) is 2.72. The van der Waals surface area contributed by atoms with Gasteiger partial charge in [0.2, 0.25) is 5.91 Å². The van der Waals surface area contributed by atoms with Crippen LogP contribution in [0.1, 0.15) is 60.3 Å². The molecule has 0 aromatic rings. The molecule has 0 bridgehead atoms. The fraction of sp³-hybridized carbons (Fsp3) is 0.684. The second kappa shape index (κ2) is 10.7. The molecule has 1 rings (SSSR count). The van der Waals surface area contributed by atoms with E-state index in [1.807, 2.05) is 6.92 Å². The molecule has 0 aliphatic carbocycles. The van der Waals surface area contributed by atoms with Crippen LogP contribution in [0.25, 0.3) is 0 Å². The van der Waals surface area contributed by atoms with Crippen LogP contribution in [0.4, 0.5) is 4.79 Å². The number of rotatable bonds is 7. The van der Waals surface area contributed by atoms with Crippen LogP contribution in [0.3, 0.4) is 0 Å². The fourth-order valence-corrected chi connectivity index (χ4v) is 2.38. The van der Waals surface area contributed by atoms with Crippen LogP contribution in [-0.4, -0.2) is 42.4 Å². The summed E-state index contributed by atoms with van der Waals surface area (Å²) in [6.45, 7) is 9.61. The maximum absolute atomic E-state index is 12.1. The van der Waals surface area contributed by atoms with Gasteiger partial charge < -0.3 is 20.1 Å². The molecule has 0 spiro atoms. The molecule has 0 saturated heterocycles. The van der Waals surface area contributed by atoms with E-state index in [0.29, 0.717) is 30.9 Å². The van der Waals surface area contributed by atoms with Gasteiger partial charge in [0.25, 0.3) is 0 Å². The summed E-state index contributed by atoms with van der Waals surface area (Å²) >= 11 is 0. The second-order valence-electron chi connectivity index (χ2n) is 7.37. The maximum atomic E-state index is 12.1. The Morgan fingerprint density at radius 3 is 2.63 bits per heavy atom. The number of hydrogen-bond donors (Lipinski definition) is 2. The molecule has 0 aromatic heterocycles. The van der Waals surface area contributed by atoms with Crippen molar-refractivity contribution in [3.05, 3.63) is 11.9 Å². The van der Waals surface area contributed by atoms with Crippen LogP contribution in [0.15, 0.2) is 16.9 Å². The number of esters is 1. The van der Waals surface area contributed by atoms with Crippen molar-refractivity contribution >= 4 is 23.7 Å². The van der Waals surface area contributed by atoms with Gasteiger partial charge in [-0.15, -0.1) is 0 Å². The molecule has 1 aliphatic heterocycles. The Bertz CT molecular complexity index is 605. The van der Waals surface area contributed by atoms with Gasteiger partial charge in [-0.1, -0.05) is 6.92 Å². The summed E-state index contributed by atoms with van der Waals surface area (Å²) in [6.07, 6.45) is 3.45. The molecule has 0 radical (unpaired) electrons. The lowest BCUT2D eigenvalue weighted by atomic mass is 10.0.